The summed E-state index contributed by atoms with van der Waals surface area (Å²) in [7, 11) is 1.59. The Hall–Kier alpha value is -3.60. The molecule has 0 spiro atoms. The van der Waals surface area contributed by atoms with Crippen molar-refractivity contribution in [3.63, 3.8) is 0 Å². The van der Waals surface area contributed by atoms with Crippen LogP contribution in [0.2, 0.25) is 0 Å². The molecule has 0 saturated carbocycles. The summed E-state index contributed by atoms with van der Waals surface area (Å²) in [5.41, 5.74) is 2.76. The monoisotopic (exact) mass is 403 g/mol. The summed E-state index contributed by atoms with van der Waals surface area (Å²) >= 11 is 0. The predicted octanol–water partition coefficient (Wildman–Crippen LogP) is 5.46. The maximum absolute atomic E-state index is 12.4. The summed E-state index contributed by atoms with van der Waals surface area (Å²) in [6.45, 7) is 6.35. The molecule has 0 aromatic heterocycles. The minimum atomic E-state index is -0.439. The van der Waals surface area contributed by atoms with E-state index in [1.165, 1.54) is 0 Å². The summed E-state index contributed by atoms with van der Waals surface area (Å²) in [6, 6.07) is 20.9. The van der Waals surface area contributed by atoms with E-state index in [0.29, 0.717) is 28.3 Å². The number of hydrogen-bond acceptors (Lipinski definition) is 4. The molecule has 3 rings (SSSR count). The molecule has 0 radical (unpaired) electrons. The number of methoxy groups -OCH3 is 1. The van der Waals surface area contributed by atoms with Crippen molar-refractivity contribution in [2.75, 3.05) is 12.4 Å². The van der Waals surface area contributed by atoms with Crippen LogP contribution in [-0.2, 0) is 5.41 Å². The summed E-state index contributed by atoms with van der Waals surface area (Å²) in [4.78, 5) is 24.8. The smallest absolute Gasteiger partial charge is 0.343 e. The minimum Gasteiger partial charge on any atom is -0.497 e. The molecule has 0 aliphatic carbocycles. The fourth-order valence-corrected chi connectivity index (χ4v) is 2.82. The first-order chi connectivity index (χ1) is 14.3. The van der Waals surface area contributed by atoms with Gasteiger partial charge in [0.05, 0.1) is 12.7 Å². The zero-order valence-electron chi connectivity index (χ0n) is 17.6. The van der Waals surface area contributed by atoms with Gasteiger partial charge in [0, 0.05) is 11.3 Å². The number of carbonyl (C=O) groups is 2. The van der Waals surface area contributed by atoms with Gasteiger partial charge < -0.3 is 14.8 Å². The number of nitrogens with one attached hydrogen (secondary N) is 1. The Balaban J connectivity index is 1.62. The summed E-state index contributed by atoms with van der Waals surface area (Å²) in [5.74, 6) is 0.398. The number of ether oxygens (including phenoxy) is 2. The van der Waals surface area contributed by atoms with Crippen LogP contribution >= 0.6 is 0 Å². The van der Waals surface area contributed by atoms with E-state index in [-0.39, 0.29) is 11.3 Å². The van der Waals surface area contributed by atoms with Gasteiger partial charge in [0.2, 0.25) is 0 Å². The van der Waals surface area contributed by atoms with Crippen LogP contribution in [0.25, 0.3) is 0 Å². The SMILES string of the molecule is COc1ccc(NC(=O)c2ccc(OC(=O)c3ccc(C(C)(C)C)cc3)cc2)cc1. The number of rotatable bonds is 5. The predicted molar refractivity (Wildman–Crippen MR) is 117 cm³/mol. The maximum Gasteiger partial charge on any atom is 0.343 e. The topological polar surface area (TPSA) is 64.6 Å². The molecule has 0 atom stereocenters. The van der Waals surface area contributed by atoms with Crippen LogP contribution in [-0.4, -0.2) is 19.0 Å². The number of esters is 1. The van der Waals surface area contributed by atoms with Gasteiger partial charge in [0.25, 0.3) is 5.91 Å². The van der Waals surface area contributed by atoms with Crippen LogP contribution < -0.4 is 14.8 Å². The third-order valence-electron chi connectivity index (χ3n) is 4.66. The van der Waals surface area contributed by atoms with Crippen LogP contribution in [0.4, 0.5) is 5.69 Å². The van der Waals surface area contributed by atoms with Gasteiger partial charge >= 0.3 is 5.97 Å². The first kappa shape index (κ1) is 21.1. The van der Waals surface area contributed by atoms with Gasteiger partial charge in [0.15, 0.2) is 0 Å². The summed E-state index contributed by atoms with van der Waals surface area (Å²) in [5, 5.41) is 2.81. The van der Waals surface area contributed by atoms with Crippen molar-refractivity contribution < 1.29 is 19.1 Å². The third kappa shape index (κ3) is 5.26. The molecule has 5 nitrogen and oxygen atoms in total. The minimum absolute atomic E-state index is 0.0185. The Morgan fingerprint density at radius 1 is 0.733 bits per heavy atom. The molecule has 5 heteroatoms. The lowest BCUT2D eigenvalue weighted by Crippen LogP contribution is -2.13. The molecular formula is C25H25NO4. The van der Waals surface area contributed by atoms with Crippen LogP contribution in [0.1, 0.15) is 47.1 Å². The molecule has 3 aromatic carbocycles. The molecule has 30 heavy (non-hydrogen) atoms. The largest absolute Gasteiger partial charge is 0.497 e. The molecule has 3 aromatic rings. The molecular weight excluding hydrogens is 378 g/mol. The molecule has 0 fully saturated rings. The van der Waals surface area contributed by atoms with Crippen molar-refractivity contribution >= 4 is 17.6 Å². The highest BCUT2D eigenvalue weighted by Crippen LogP contribution is 2.23. The number of hydrogen-bond donors (Lipinski definition) is 1. The van der Waals surface area contributed by atoms with Crippen molar-refractivity contribution in [3.05, 3.63) is 89.5 Å². The van der Waals surface area contributed by atoms with Crippen molar-refractivity contribution in [3.8, 4) is 11.5 Å². The van der Waals surface area contributed by atoms with Crippen molar-refractivity contribution in [1.29, 1.82) is 0 Å². The van der Waals surface area contributed by atoms with Crippen molar-refractivity contribution in [1.82, 2.24) is 0 Å². The van der Waals surface area contributed by atoms with Gasteiger partial charge in [-0.2, -0.15) is 0 Å². The van der Waals surface area contributed by atoms with Gasteiger partial charge in [-0.25, -0.2) is 4.79 Å². The van der Waals surface area contributed by atoms with E-state index in [2.05, 4.69) is 26.1 Å². The second kappa shape index (κ2) is 8.82. The second-order valence-electron chi connectivity index (χ2n) is 7.92. The molecule has 0 saturated heterocycles. The molecule has 0 aliphatic heterocycles. The van der Waals surface area contributed by atoms with Crippen LogP contribution in [0.3, 0.4) is 0 Å². The third-order valence-corrected chi connectivity index (χ3v) is 4.66. The van der Waals surface area contributed by atoms with E-state index in [9.17, 15) is 9.59 Å². The fraction of sp³-hybridized carbons (Fsp3) is 0.200. The Kier molecular flexibility index (Phi) is 6.21. The molecule has 1 amide bonds. The standard InChI is InChI=1S/C25H25NO4/c1-25(2,3)19-9-5-18(6-10-19)24(28)30-22-13-7-17(8-14-22)23(27)26-20-11-15-21(29-4)16-12-20/h5-16H,1-4H3,(H,26,27). The Morgan fingerprint density at radius 3 is 1.80 bits per heavy atom. The van der Waals surface area contributed by atoms with Gasteiger partial charge in [-0.3, -0.25) is 4.79 Å². The highest BCUT2D eigenvalue weighted by molar-refractivity contribution is 6.04. The molecule has 0 heterocycles. The number of carbonyl (C=O) groups excluding carboxylic acids is 2. The Labute approximate surface area is 176 Å². The summed E-state index contributed by atoms with van der Waals surface area (Å²) in [6.07, 6.45) is 0. The first-order valence-electron chi connectivity index (χ1n) is 9.64. The number of amides is 1. The highest BCUT2D eigenvalue weighted by Gasteiger charge is 2.15. The van der Waals surface area contributed by atoms with Crippen LogP contribution in [0, 0.1) is 0 Å². The zero-order chi connectivity index (χ0) is 21.7. The second-order valence-corrected chi connectivity index (χ2v) is 7.92. The number of benzene rings is 3. The average Bonchev–Trinajstić information content (AvgIpc) is 2.74. The van der Waals surface area contributed by atoms with Gasteiger partial charge in [-0.1, -0.05) is 32.9 Å². The van der Waals surface area contributed by atoms with E-state index >= 15 is 0 Å². The van der Waals surface area contributed by atoms with Crippen LogP contribution in [0.15, 0.2) is 72.8 Å². The molecule has 1 N–H and O–H groups in total. The van der Waals surface area contributed by atoms with E-state index in [0.717, 1.165) is 5.56 Å². The molecule has 0 aliphatic rings. The lowest BCUT2D eigenvalue weighted by molar-refractivity contribution is 0.0734. The van der Waals surface area contributed by atoms with Gasteiger partial charge in [-0.05, 0) is 71.6 Å². The van der Waals surface area contributed by atoms with Crippen molar-refractivity contribution in [2.45, 2.75) is 26.2 Å². The lowest BCUT2D eigenvalue weighted by Gasteiger charge is -2.18. The molecule has 154 valence electrons. The fourth-order valence-electron chi connectivity index (χ4n) is 2.82. The molecule has 0 unspecified atom stereocenters. The normalized spacial score (nSPS) is 10.9. The first-order valence-corrected chi connectivity index (χ1v) is 9.64. The van der Waals surface area contributed by atoms with Crippen LogP contribution in [0.5, 0.6) is 11.5 Å². The van der Waals surface area contributed by atoms with Gasteiger partial charge in [-0.15, -0.1) is 0 Å². The molecule has 0 bridgehead atoms. The lowest BCUT2D eigenvalue weighted by atomic mass is 9.87. The Morgan fingerprint density at radius 2 is 1.27 bits per heavy atom. The zero-order valence-corrected chi connectivity index (χ0v) is 17.6. The quantitative estimate of drug-likeness (QED) is 0.454. The Bertz CT molecular complexity index is 1010. The van der Waals surface area contributed by atoms with E-state index in [1.54, 1.807) is 67.8 Å². The summed E-state index contributed by atoms with van der Waals surface area (Å²) < 4.78 is 10.5. The van der Waals surface area contributed by atoms with Crippen molar-refractivity contribution in [2.24, 2.45) is 0 Å². The van der Waals surface area contributed by atoms with E-state index < -0.39 is 5.97 Å². The highest BCUT2D eigenvalue weighted by atomic mass is 16.5. The van der Waals surface area contributed by atoms with E-state index in [4.69, 9.17) is 9.47 Å². The van der Waals surface area contributed by atoms with E-state index in [1.807, 2.05) is 12.1 Å². The number of anilines is 1. The maximum atomic E-state index is 12.4. The van der Waals surface area contributed by atoms with Gasteiger partial charge in [0.1, 0.15) is 11.5 Å². The average molecular weight is 403 g/mol.